The number of benzene rings is 1. The number of anilines is 1. The van der Waals surface area contributed by atoms with Crippen LogP contribution in [0.15, 0.2) is 35.1 Å². The fourth-order valence-corrected chi connectivity index (χ4v) is 1.76. The summed E-state index contributed by atoms with van der Waals surface area (Å²) in [5, 5.41) is 9.25. The van der Waals surface area contributed by atoms with Crippen LogP contribution in [0.5, 0.6) is 5.75 Å². The third-order valence-corrected chi connectivity index (χ3v) is 2.60. The molecule has 8 heteroatoms. The van der Waals surface area contributed by atoms with Crippen LogP contribution in [0.4, 0.5) is 23.4 Å². The Morgan fingerprint density at radius 3 is 2.20 bits per heavy atom. The van der Waals surface area contributed by atoms with Crippen LogP contribution in [0, 0.1) is 5.82 Å². The zero-order valence-corrected chi connectivity index (χ0v) is 9.78. The molecule has 20 heavy (non-hydrogen) atoms. The van der Waals surface area contributed by atoms with Gasteiger partial charge in [-0.15, -0.1) is 0 Å². The molecule has 0 unspecified atom stereocenters. The number of nitrogens with two attached hydrogens (primary N) is 1. The molecular formula is C12H8F4N2O2. The first kappa shape index (κ1) is 13.9. The third-order valence-electron chi connectivity index (χ3n) is 2.60. The monoisotopic (exact) mass is 288 g/mol. The lowest BCUT2D eigenvalue weighted by Crippen LogP contribution is -2.24. The highest BCUT2D eigenvalue weighted by molar-refractivity contribution is 5.55. The maximum atomic E-state index is 12.8. The molecule has 2 aromatic rings. The van der Waals surface area contributed by atoms with Crippen molar-refractivity contribution in [1.82, 2.24) is 4.57 Å². The predicted octanol–water partition coefficient (Wildman–Crippen LogP) is 2.28. The van der Waals surface area contributed by atoms with Gasteiger partial charge in [0, 0.05) is 6.07 Å². The molecule has 1 aromatic carbocycles. The minimum absolute atomic E-state index is 0.0422. The zero-order chi connectivity index (χ0) is 15.1. The Kier molecular flexibility index (Phi) is 3.16. The highest BCUT2D eigenvalue weighted by atomic mass is 19.4. The molecule has 0 aliphatic carbocycles. The molecule has 3 N–H and O–H groups in total. The van der Waals surface area contributed by atoms with E-state index in [1.54, 1.807) is 0 Å². The minimum Gasteiger partial charge on any atom is -0.507 e. The van der Waals surface area contributed by atoms with Crippen LogP contribution < -0.4 is 11.3 Å². The second-order valence-electron chi connectivity index (χ2n) is 3.94. The summed E-state index contributed by atoms with van der Waals surface area (Å²) >= 11 is 0. The summed E-state index contributed by atoms with van der Waals surface area (Å²) in [5.74, 6) is -2.83. The van der Waals surface area contributed by atoms with Crippen molar-refractivity contribution in [1.29, 1.82) is 0 Å². The Hall–Kier alpha value is -2.51. The smallest absolute Gasteiger partial charge is 0.423 e. The van der Waals surface area contributed by atoms with Crippen LogP contribution in [0.3, 0.4) is 0 Å². The Labute approximate surface area is 109 Å². The summed E-state index contributed by atoms with van der Waals surface area (Å²) in [7, 11) is 0. The number of aromatic nitrogens is 1. The number of nitrogen functional groups attached to an aromatic ring is 1. The molecule has 0 amide bonds. The molecule has 1 aromatic heterocycles. The largest absolute Gasteiger partial charge is 0.507 e. The molecule has 0 spiro atoms. The van der Waals surface area contributed by atoms with Gasteiger partial charge in [0.2, 0.25) is 0 Å². The van der Waals surface area contributed by atoms with Crippen LogP contribution in [-0.4, -0.2) is 9.67 Å². The maximum absolute atomic E-state index is 12.8. The number of rotatable bonds is 1. The van der Waals surface area contributed by atoms with E-state index in [9.17, 15) is 27.5 Å². The Morgan fingerprint density at radius 2 is 1.70 bits per heavy atom. The van der Waals surface area contributed by atoms with Crippen molar-refractivity contribution in [3.05, 3.63) is 52.1 Å². The van der Waals surface area contributed by atoms with Gasteiger partial charge in [0.1, 0.15) is 22.9 Å². The molecule has 0 aliphatic heterocycles. The van der Waals surface area contributed by atoms with E-state index < -0.39 is 34.7 Å². The third kappa shape index (κ3) is 2.31. The average molecular weight is 288 g/mol. The first-order valence-electron chi connectivity index (χ1n) is 5.29. The highest BCUT2D eigenvalue weighted by Gasteiger charge is 2.38. The van der Waals surface area contributed by atoms with Crippen molar-refractivity contribution < 1.29 is 22.7 Å². The van der Waals surface area contributed by atoms with Crippen LogP contribution in [0.2, 0.25) is 0 Å². The topological polar surface area (TPSA) is 68.2 Å². The average Bonchev–Trinajstić information content (AvgIpc) is 2.28. The molecule has 106 valence electrons. The molecule has 4 nitrogen and oxygen atoms in total. The van der Waals surface area contributed by atoms with E-state index in [1.807, 2.05) is 0 Å². The lowest BCUT2D eigenvalue weighted by atomic mass is 10.2. The first-order valence-corrected chi connectivity index (χ1v) is 5.29. The number of pyridine rings is 1. The number of hydrogen-bond acceptors (Lipinski definition) is 3. The second-order valence-corrected chi connectivity index (χ2v) is 3.94. The summed E-state index contributed by atoms with van der Waals surface area (Å²) in [5.41, 5.74) is 2.82. The maximum Gasteiger partial charge on any atom is 0.423 e. The van der Waals surface area contributed by atoms with Gasteiger partial charge in [0.25, 0.3) is 5.56 Å². The van der Waals surface area contributed by atoms with Gasteiger partial charge in [-0.1, -0.05) is 0 Å². The molecule has 1 heterocycles. The number of alkyl halides is 3. The van der Waals surface area contributed by atoms with Crippen LogP contribution in [-0.2, 0) is 6.18 Å². The zero-order valence-electron chi connectivity index (χ0n) is 9.78. The minimum atomic E-state index is -4.93. The summed E-state index contributed by atoms with van der Waals surface area (Å²) in [6.07, 6.45) is -4.93. The van der Waals surface area contributed by atoms with E-state index in [0.29, 0.717) is 10.6 Å². The molecular weight excluding hydrogens is 280 g/mol. The number of aromatic hydroxyl groups is 1. The van der Waals surface area contributed by atoms with Crippen molar-refractivity contribution in [2.24, 2.45) is 0 Å². The SMILES string of the molecule is Nc1c(C(F)(F)F)c(O)cc(=O)n1-c1ccc(F)cc1. The molecule has 0 saturated carbocycles. The quantitative estimate of drug-likeness (QED) is 0.791. The van der Waals surface area contributed by atoms with Crippen molar-refractivity contribution in [3.63, 3.8) is 0 Å². The van der Waals surface area contributed by atoms with Gasteiger partial charge in [-0.3, -0.25) is 9.36 Å². The molecule has 0 aliphatic rings. The van der Waals surface area contributed by atoms with Gasteiger partial charge in [-0.05, 0) is 24.3 Å². The van der Waals surface area contributed by atoms with E-state index in [-0.39, 0.29) is 5.69 Å². The number of nitrogens with zero attached hydrogens (tertiary/aromatic N) is 1. The molecule has 0 bridgehead atoms. The fourth-order valence-electron chi connectivity index (χ4n) is 1.76. The Morgan fingerprint density at radius 1 is 1.15 bits per heavy atom. The molecule has 0 atom stereocenters. The predicted molar refractivity (Wildman–Crippen MR) is 63.1 cm³/mol. The van der Waals surface area contributed by atoms with Crippen molar-refractivity contribution in [2.45, 2.75) is 6.18 Å². The van der Waals surface area contributed by atoms with Gasteiger partial charge < -0.3 is 10.8 Å². The fraction of sp³-hybridized carbons (Fsp3) is 0.0833. The van der Waals surface area contributed by atoms with E-state index >= 15 is 0 Å². The van der Waals surface area contributed by atoms with Gasteiger partial charge in [0.05, 0.1) is 5.69 Å². The van der Waals surface area contributed by atoms with E-state index in [1.165, 1.54) is 0 Å². The Bertz CT molecular complexity index is 705. The van der Waals surface area contributed by atoms with Crippen molar-refractivity contribution in [3.8, 4) is 11.4 Å². The molecule has 2 rings (SSSR count). The van der Waals surface area contributed by atoms with Crippen LogP contribution >= 0.6 is 0 Å². The van der Waals surface area contributed by atoms with Crippen LogP contribution in [0.25, 0.3) is 5.69 Å². The summed E-state index contributed by atoms with van der Waals surface area (Å²) in [6, 6.07) is 4.56. The van der Waals surface area contributed by atoms with Gasteiger partial charge in [0.15, 0.2) is 0 Å². The van der Waals surface area contributed by atoms with Crippen LogP contribution in [0.1, 0.15) is 5.56 Å². The van der Waals surface area contributed by atoms with Gasteiger partial charge in [-0.2, -0.15) is 13.2 Å². The van der Waals surface area contributed by atoms with Gasteiger partial charge >= 0.3 is 6.18 Å². The number of hydrogen-bond donors (Lipinski definition) is 2. The summed E-state index contributed by atoms with van der Waals surface area (Å²) in [6.45, 7) is 0. The highest BCUT2D eigenvalue weighted by Crippen LogP contribution is 2.39. The Balaban J connectivity index is 2.78. The number of halogens is 4. The summed E-state index contributed by atoms with van der Waals surface area (Å²) < 4.78 is 51.7. The van der Waals surface area contributed by atoms with Gasteiger partial charge in [-0.25, -0.2) is 4.39 Å². The van der Waals surface area contributed by atoms with E-state index in [2.05, 4.69) is 0 Å². The van der Waals surface area contributed by atoms with E-state index in [4.69, 9.17) is 5.73 Å². The molecule has 0 fully saturated rings. The lowest BCUT2D eigenvalue weighted by Gasteiger charge is -2.16. The normalized spacial score (nSPS) is 11.6. The molecule has 0 radical (unpaired) electrons. The standard InChI is InChI=1S/C12H8F4N2O2/c13-6-1-3-7(4-2-6)18-9(20)5-8(19)10(11(18)17)12(14,15)16/h1-5,19H,17H2. The van der Waals surface area contributed by atoms with Crippen molar-refractivity contribution >= 4 is 5.82 Å². The molecule has 0 saturated heterocycles. The lowest BCUT2D eigenvalue weighted by molar-refractivity contribution is -0.138. The van der Waals surface area contributed by atoms with E-state index in [0.717, 1.165) is 24.3 Å². The second kappa shape index (κ2) is 4.55. The first-order chi connectivity index (χ1) is 9.21. The van der Waals surface area contributed by atoms with Crippen molar-refractivity contribution in [2.75, 3.05) is 5.73 Å². The summed E-state index contributed by atoms with van der Waals surface area (Å²) in [4.78, 5) is 11.7.